The van der Waals surface area contributed by atoms with Gasteiger partial charge in [0, 0.05) is 24.7 Å². The van der Waals surface area contributed by atoms with Crippen LogP contribution in [0.15, 0.2) is 41.4 Å². The highest BCUT2D eigenvalue weighted by molar-refractivity contribution is 6.09. The van der Waals surface area contributed by atoms with Crippen molar-refractivity contribution < 1.29 is 9.90 Å². The Bertz CT molecular complexity index is 1340. The molecule has 6 N–H and O–H groups in total. The zero-order chi connectivity index (χ0) is 22.8. The summed E-state index contributed by atoms with van der Waals surface area (Å²) in [7, 11) is 1.73. The second-order valence-corrected chi connectivity index (χ2v) is 6.89. The number of nitrogens with zero attached hydrogens (tertiary/aromatic N) is 9. The number of primary amides is 1. The fourth-order valence-electron chi connectivity index (χ4n) is 2.98. The van der Waals surface area contributed by atoms with Crippen LogP contribution < -0.4 is 11.5 Å². The van der Waals surface area contributed by atoms with Gasteiger partial charge in [-0.1, -0.05) is 0 Å². The van der Waals surface area contributed by atoms with Crippen molar-refractivity contribution in [3.8, 4) is 11.5 Å². The van der Waals surface area contributed by atoms with Crippen molar-refractivity contribution in [2.45, 2.75) is 13.5 Å². The molecule has 4 rings (SSSR count). The topological polar surface area (TPSA) is 205 Å². The molecule has 0 aromatic carbocycles. The third kappa shape index (κ3) is 3.88. The number of pyridine rings is 1. The number of carbonyl (C=O) groups excluding carboxylic acids is 1. The lowest BCUT2D eigenvalue weighted by molar-refractivity contribution is 0.0996. The Morgan fingerprint density at radius 3 is 2.69 bits per heavy atom. The molecular formula is C18H20N12O2. The molecule has 14 nitrogen and oxygen atoms in total. The SMILES string of the molecule is CC(N)=C(O)C(=NCCn1cnnc1)c1nc(-c2nc(C(N)=O)cc3c2cnn3C)n[nH]1. The quantitative estimate of drug-likeness (QED) is 0.221. The maximum absolute atomic E-state index is 11.8. The molecule has 4 aromatic rings. The van der Waals surface area contributed by atoms with Crippen LogP contribution in [0.25, 0.3) is 22.4 Å². The Kier molecular flexibility index (Phi) is 5.32. The molecule has 0 saturated carbocycles. The number of aliphatic imine (C=N–C) groups is 1. The molecule has 0 aliphatic rings. The molecule has 1 amide bonds. The van der Waals surface area contributed by atoms with Gasteiger partial charge in [-0.15, -0.1) is 10.2 Å². The predicted octanol–water partition coefficient (Wildman–Crippen LogP) is -0.319. The largest absolute Gasteiger partial charge is 0.504 e. The first-order valence-electron chi connectivity index (χ1n) is 9.43. The number of aromatic nitrogens is 9. The fourth-order valence-corrected chi connectivity index (χ4v) is 2.98. The standard InChI is InChI=1S/C18H20N12O2/c1-9(19)15(31)14(21-3-4-30-7-22-23-8-30)18-26-17(27-28-18)13-10-6-24-29(2)12(10)5-11(25-13)16(20)32/h5-8,31H,3-4,19H2,1-2H3,(H2,20,32)(H,26,27,28). The van der Waals surface area contributed by atoms with E-state index in [4.69, 9.17) is 11.5 Å². The number of fused-ring (bicyclic) bond motifs is 1. The molecule has 0 spiro atoms. The van der Waals surface area contributed by atoms with E-state index in [2.05, 4.69) is 40.5 Å². The Morgan fingerprint density at radius 2 is 2.00 bits per heavy atom. The fraction of sp³-hybridized carbons (Fsp3) is 0.222. The minimum Gasteiger partial charge on any atom is -0.504 e. The number of hydrogen-bond donors (Lipinski definition) is 4. The summed E-state index contributed by atoms with van der Waals surface area (Å²) in [6, 6.07) is 1.55. The molecule has 0 fully saturated rings. The highest BCUT2D eigenvalue weighted by Gasteiger charge is 2.21. The first kappa shape index (κ1) is 20.6. The predicted molar refractivity (Wildman–Crippen MR) is 113 cm³/mol. The number of nitrogens with one attached hydrogen (secondary N) is 1. The van der Waals surface area contributed by atoms with Gasteiger partial charge in [-0.25, -0.2) is 9.97 Å². The molecule has 4 aromatic heterocycles. The van der Waals surface area contributed by atoms with Crippen LogP contribution in [-0.4, -0.2) is 68.0 Å². The van der Waals surface area contributed by atoms with E-state index in [1.54, 1.807) is 48.1 Å². The van der Waals surface area contributed by atoms with Gasteiger partial charge >= 0.3 is 0 Å². The molecule has 0 atom stereocenters. The maximum atomic E-state index is 11.8. The van der Waals surface area contributed by atoms with Gasteiger partial charge in [0.2, 0.25) is 5.82 Å². The summed E-state index contributed by atoms with van der Waals surface area (Å²) in [5.74, 6) is -0.577. The maximum Gasteiger partial charge on any atom is 0.267 e. The lowest BCUT2D eigenvalue weighted by Crippen LogP contribution is -2.14. The molecule has 4 heterocycles. The zero-order valence-corrected chi connectivity index (χ0v) is 17.3. The summed E-state index contributed by atoms with van der Waals surface area (Å²) in [4.78, 5) is 24.9. The van der Waals surface area contributed by atoms with Crippen molar-refractivity contribution in [1.29, 1.82) is 0 Å². The summed E-state index contributed by atoms with van der Waals surface area (Å²) >= 11 is 0. The molecule has 32 heavy (non-hydrogen) atoms. The molecule has 0 radical (unpaired) electrons. The minimum absolute atomic E-state index is 0.0471. The first-order valence-corrected chi connectivity index (χ1v) is 9.43. The summed E-state index contributed by atoms with van der Waals surface area (Å²) in [5, 5.41) is 29.7. The number of aromatic amines is 1. The molecule has 14 heteroatoms. The van der Waals surface area contributed by atoms with E-state index >= 15 is 0 Å². The van der Waals surface area contributed by atoms with Crippen LogP contribution in [0.1, 0.15) is 23.2 Å². The third-order valence-electron chi connectivity index (χ3n) is 4.61. The number of rotatable bonds is 7. The average Bonchev–Trinajstić information content (AvgIpc) is 3.52. The van der Waals surface area contributed by atoms with Crippen molar-refractivity contribution in [3.05, 3.63) is 47.9 Å². The highest BCUT2D eigenvalue weighted by atomic mass is 16.3. The summed E-state index contributed by atoms with van der Waals surface area (Å²) in [5.41, 5.74) is 12.5. The molecule has 0 bridgehead atoms. The van der Waals surface area contributed by atoms with E-state index in [0.29, 0.717) is 29.7 Å². The van der Waals surface area contributed by atoms with E-state index < -0.39 is 5.91 Å². The number of aliphatic hydroxyl groups excluding tert-OH is 1. The third-order valence-corrected chi connectivity index (χ3v) is 4.61. The number of aliphatic hydroxyl groups is 1. The molecule has 164 valence electrons. The second kappa shape index (κ2) is 8.25. The molecule has 0 saturated heterocycles. The van der Waals surface area contributed by atoms with Gasteiger partial charge in [-0.2, -0.15) is 10.2 Å². The van der Waals surface area contributed by atoms with Gasteiger partial charge in [0.25, 0.3) is 5.91 Å². The van der Waals surface area contributed by atoms with Crippen LogP contribution in [0.3, 0.4) is 0 Å². The molecular weight excluding hydrogens is 416 g/mol. The van der Waals surface area contributed by atoms with Gasteiger partial charge < -0.3 is 21.1 Å². The van der Waals surface area contributed by atoms with Crippen molar-refractivity contribution in [2.75, 3.05) is 6.54 Å². The van der Waals surface area contributed by atoms with Gasteiger partial charge in [-0.05, 0) is 13.0 Å². The number of H-pyrrole nitrogens is 1. The van der Waals surface area contributed by atoms with Crippen molar-refractivity contribution >= 4 is 22.5 Å². The summed E-state index contributed by atoms with van der Waals surface area (Å²) < 4.78 is 3.33. The molecule has 0 unspecified atom stereocenters. The number of nitrogens with two attached hydrogens (primary N) is 2. The number of hydrogen-bond acceptors (Lipinski definition) is 10. The second-order valence-electron chi connectivity index (χ2n) is 6.89. The van der Waals surface area contributed by atoms with Crippen molar-refractivity contribution in [1.82, 2.24) is 44.7 Å². The Hall–Kier alpha value is -4.62. The zero-order valence-electron chi connectivity index (χ0n) is 17.3. The Balaban J connectivity index is 1.75. The summed E-state index contributed by atoms with van der Waals surface area (Å²) in [6.07, 6.45) is 4.71. The number of amides is 1. The lowest BCUT2D eigenvalue weighted by Gasteiger charge is -2.05. The number of aryl methyl sites for hydroxylation is 1. The first-order chi connectivity index (χ1) is 15.3. The van der Waals surface area contributed by atoms with Gasteiger partial charge in [0.15, 0.2) is 11.6 Å². The monoisotopic (exact) mass is 436 g/mol. The smallest absolute Gasteiger partial charge is 0.267 e. The molecule has 0 aliphatic heterocycles. The molecule has 0 aliphatic carbocycles. The number of carbonyl (C=O) groups is 1. The van der Waals surface area contributed by atoms with Crippen molar-refractivity contribution in [3.63, 3.8) is 0 Å². The normalized spacial score (nSPS) is 12.9. The van der Waals surface area contributed by atoms with E-state index in [1.165, 1.54) is 0 Å². The highest BCUT2D eigenvalue weighted by Crippen LogP contribution is 2.25. The van der Waals surface area contributed by atoms with Crippen LogP contribution >= 0.6 is 0 Å². The summed E-state index contributed by atoms with van der Waals surface area (Å²) in [6.45, 7) is 2.31. The lowest BCUT2D eigenvalue weighted by atomic mass is 10.2. The van der Waals surface area contributed by atoms with Crippen LogP contribution in [0.5, 0.6) is 0 Å². The van der Waals surface area contributed by atoms with Crippen LogP contribution in [0, 0.1) is 0 Å². The van der Waals surface area contributed by atoms with Gasteiger partial charge in [0.05, 0.1) is 18.3 Å². The van der Waals surface area contributed by atoms with Crippen LogP contribution in [0.2, 0.25) is 0 Å². The number of allylic oxidation sites excluding steroid dienone is 2. The van der Waals surface area contributed by atoms with E-state index in [-0.39, 0.29) is 34.5 Å². The van der Waals surface area contributed by atoms with Crippen molar-refractivity contribution in [2.24, 2.45) is 23.5 Å². The van der Waals surface area contributed by atoms with Crippen LogP contribution in [-0.2, 0) is 13.6 Å². The van der Waals surface area contributed by atoms with E-state index in [9.17, 15) is 9.90 Å². The van der Waals surface area contributed by atoms with Gasteiger partial charge in [0.1, 0.15) is 29.8 Å². The minimum atomic E-state index is -0.694. The van der Waals surface area contributed by atoms with E-state index in [1.807, 2.05) is 0 Å². The average molecular weight is 436 g/mol. The Morgan fingerprint density at radius 1 is 1.25 bits per heavy atom. The van der Waals surface area contributed by atoms with Gasteiger partial charge in [-0.3, -0.25) is 19.6 Å². The Labute approximate surface area is 180 Å². The van der Waals surface area contributed by atoms with E-state index in [0.717, 1.165) is 0 Å². The van der Waals surface area contributed by atoms with Crippen LogP contribution in [0.4, 0.5) is 0 Å².